The molecule has 1 aromatic heterocycles. The zero-order valence-corrected chi connectivity index (χ0v) is 24.6. The molecule has 45 heavy (non-hydrogen) atoms. The third kappa shape index (κ3) is 4.81. The van der Waals surface area contributed by atoms with Crippen molar-refractivity contribution < 1.29 is 5.11 Å². The van der Waals surface area contributed by atoms with Gasteiger partial charge in [0.05, 0.1) is 11.0 Å². The Bertz CT molecular complexity index is 2240. The van der Waals surface area contributed by atoms with E-state index >= 15 is 0 Å². The molecular formula is C42H30N2O. The number of benzene rings is 7. The number of aromatic nitrogens is 1. The maximum Gasteiger partial charge on any atom is 0.125 e. The first-order chi connectivity index (χ1) is 22.2. The van der Waals surface area contributed by atoms with Crippen molar-refractivity contribution in [2.45, 2.75) is 0 Å². The van der Waals surface area contributed by atoms with Crippen LogP contribution in [0.25, 0.3) is 49.7 Å². The van der Waals surface area contributed by atoms with Gasteiger partial charge in [-0.15, -0.1) is 0 Å². The molecule has 0 aliphatic carbocycles. The summed E-state index contributed by atoms with van der Waals surface area (Å²) in [5.41, 5.74) is 10.5. The summed E-state index contributed by atoms with van der Waals surface area (Å²) in [7, 11) is 0. The molecule has 0 unspecified atom stereocenters. The Hall–Kier alpha value is -6.06. The second kappa shape index (κ2) is 11.2. The first kappa shape index (κ1) is 26.6. The van der Waals surface area contributed by atoms with Crippen molar-refractivity contribution in [1.29, 1.82) is 0 Å². The van der Waals surface area contributed by atoms with E-state index in [4.69, 9.17) is 0 Å². The summed E-state index contributed by atoms with van der Waals surface area (Å²) in [5.74, 6) is 0.256. The van der Waals surface area contributed by atoms with Gasteiger partial charge in [-0.25, -0.2) is 0 Å². The number of hydrogen-bond acceptors (Lipinski definition) is 2. The Kier molecular flexibility index (Phi) is 6.62. The van der Waals surface area contributed by atoms with Crippen LogP contribution in [-0.2, 0) is 0 Å². The molecule has 0 radical (unpaired) electrons. The highest BCUT2D eigenvalue weighted by Crippen LogP contribution is 2.41. The van der Waals surface area contributed by atoms with Crippen LogP contribution in [0, 0.1) is 0 Å². The van der Waals surface area contributed by atoms with Gasteiger partial charge < -0.3 is 14.6 Å². The van der Waals surface area contributed by atoms with E-state index in [1.165, 1.54) is 11.1 Å². The van der Waals surface area contributed by atoms with Crippen LogP contribution in [0.15, 0.2) is 176 Å². The van der Waals surface area contributed by atoms with Gasteiger partial charge in [0, 0.05) is 45.2 Å². The third-order valence-corrected chi connectivity index (χ3v) is 8.49. The second-order valence-corrected chi connectivity index (χ2v) is 11.2. The lowest BCUT2D eigenvalue weighted by atomic mass is 10.0. The fourth-order valence-corrected chi connectivity index (χ4v) is 6.34. The maximum absolute atomic E-state index is 11.4. The van der Waals surface area contributed by atoms with Gasteiger partial charge >= 0.3 is 0 Å². The van der Waals surface area contributed by atoms with Crippen LogP contribution in [0.5, 0.6) is 5.75 Å². The number of fused-ring (bicyclic) bond motifs is 3. The number of nitrogens with zero attached hydrogens (tertiary/aromatic N) is 2. The van der Waals surface area contributed by atoms with Crippen molar-refractivity contribution in [3.8, 4) is 33.7 Å². The molecule has 0 fully saturated rings. The molecule has 8 rings (SSSR count). The summed E-state index contributed by atoms with van der Waals surface area (Å²) in [6, 6.07) is 60.8. The Balaban J connectivity index is 1.20. The Labute approximate surface area is 262 Å². The first-order valence-electron chi connectivity index (χ1n) is 15.2. The molecule has 0 atom stereocenters. The molecule has 0 bridgehead atoms. The summed E-state index contributed by atoms with van der Waals surface area (Å²) >= 11 is 0. The zero-order valence-electron chi connectivity index (χ0n) is 24.6. The molecule has 1 N–H and O–H groups in total. The highest BCUT2D eigenvalue weighted by atomic mass is 16.3. The van der Waals surface area contributed by atoms with Crippen LogP contribution in [-0.4, -0.2) is 9.67 Å². The third-order valence-electron chi connectivity index (χ3n) is 8.49. The number of phenols is 1. The van der Waals surface area contributed by atoms with Crippen LogP contribution in [0.2, 0.25) is 0 Å². The number of phenolic OH excluding ortho intramolecular Hbond substituents is 1. The molecule has 3 nitrogen and oxygen atoms in total. The number of rotatable bonds is 6. The molecule has 0 saturated heterocycles. The topological polar surface area (TPSA) is 28.4 Å². The summed E-state index contributed by atoms with van der Waals surface area (Å²) in [6.07, 6.45) is 0. The molecule has 0 aliphatic heterocycles. The van der Waals surface area contributed by atoms with Gasteiger partial charge in [-0.3, -0.25) is 0 Å². The summed E-state index contributed by atoms with van der Waals surface area (Å²) in [6.45, 7) is 0. The molecule has 0 amide bonds. The predicted molar refractivity (Wildman–Crippen MR) is 188 cm³/mol. The van der Waals surface area contributed by atoms with Gasteiger partial charge in [-0.2, -0.15) is 0 Å². The van der Waals surface area contributed by atoms with Gasteiger partial charge in [-0.1, -0.05) is 109 Å². The van der Waals surface area contributed by atoms with Crippen molar-refractivity contribution in [3.05, 3.63) is 176 Å². The lowest BCUT2D eigenvalue weighted by Gasteiger charge is -2.26. The molecule has 1 heterocycles. The Morgan fingerprint density at radius 2 is 0.911 bits per heavy atom. The van der Waals surface area contributed by atoms with Crippen LogP contribution in [0.1, 0.15) is 0 Å². The largest absolute Gasteiger partial charge is 0.507 e. The highest BCUT2D eigenvalue weighted by molar-refractivity contribution is 6.11. The molecular weight excluding hydrogens is 548 g/mol. The molecule has 0 spiro atoms. The minimum atomic E-state index is 0.256. The molecule has 8 aromatic rings. The van der Waals surface area contributed by atoms with Gasteiger partial charge in [0.25, 0.3) is 0 Å². The molecule has 0 saturated carbocycles. The Morgan fingerprint density at radius 1 is 0.400 bits per heavy atom. The average molecular weight is 579 g/mol. The van der Waals surface area contributed by atoms with E-state index < -0.39 is 0 Å². The van der Waals surface area contributed by atoms with Gasteiger partial charge in [-0.05, 0) is 77.4 Å². The zero-order chi connectivity index (χ0) is 30.2. The smallest absolute Gasteiger partial charge is 0.125 e. The second-order valence-electron chi connectivity index (χ2n) is 11.2. The average Bonchev–Trinajstić information content (AvgIpc) is 3.43. The fraction of sp³-hybridized carbons (Fsp3) is 0. The van der Waals surface area contributed by atoms with Crippen molar-refractivity contribution in [1.82, 2.24) is 4.57 Å². The predicted octanol–water partition coefficient (Wildman–Crippen LogP) is 11.3. The quantitative estimate of drug-likeness (QED) is 0.213. The molecule has 0 aliphatic rings. The van der Waals surface area contributed by atoms with Crippen LogP contribution in [0.4, 0.5) is 17.1 Å². The first-order valence-corrected chi connectivity index (χ1v) is 15.2. The maximum atomic E-state index is 11.4. The number of anilines is 3. The van der Waals surface area contributed by atoms with Crippen LogP contribution < -0.4 is 4.90 Å². The minimum absolute atomic E-state index is 0.256. The van der Waals surface area contributed by atoms with Crippen molar-refractivity contribution >= 4 is 38.9 Å². The molecule has 3 heteroatoms. The van der Waals surface area contributed by atoms with Crippen molar-refractivity contribution in [2.75, 3.05) is 4.90 Å². The van der Waals surface area contributed by atoms with Crippen LogP contribution in [0.3, 0.4) is 0 Å². The van der Waals surface area contributed by atoms with Gasteiger partial charge in [0.15, 0.2) is 0 Å². The Morgan fingerprint density at radius 3 is 1.58 bits per heavy atom. The van der Waals surface area contributed by atoms with Crippen molar-refractivity contribution in [2.24, 2.45) is 0 Å². The molecule has 214 valence electrons. The van der Waals surface area contributed by atoms with E-state index in [9.17, 15) is 5.11 Å². The van der Waals surface area contributed by atoms with Gasteiger partial charge in [0.2, 0.25) is 0 Å². The van der Waals surface area contributed by atoms with Gasteiger partial charge in [0.1, 0.15) is 5.75 Å². The summed E-state index contributed by atoms with van der Waals surface area (Å²) in [5, 5.41) is 13.7. The summed E-state index contributed by atoms with van der Waals surface area (Å²) in [4.78, 5) is 2.26. The van der Waals surface area contributed by atoms with E-state index in [-0.39, 0.29) is 5.75 Å². The van der Waals surface area contributed by atoms with E-state index in [2.05, 4.69) is 149 Å². The van der Waals surface area contributed by atoms with E-state index in [0.717, 1.165) is 55.7 Å². The SMILES string of the molecule is Oc1cc2c(cc1-c1ccc(N(c3ccccc3)c3ccc(-c4ccccc4)cc3)cc1)c1ccccc1n2-c1ccccc1. The lowest BCUT2D eigenvalue weighted by Crippen LogP contribution is -2.09. The monoisotopic (exact) mass is 578 g/mol. The number of aromatic hydroxyl groups is 1. The standard InChI is InChI=1S/C42H30N2O/c45-42-29-41-39(37-18-10-11-19-40(37)44(41)34-16-8-3-9-17-34)28-38(42)32-22-26-36(27-23-32)43(33-14-6-2-7-15-33)35-24-20-31(21-25-35)30-12-4-1-5-13-30/h1-29,45H. The fourth-order valence-electron chi connectivity index (χ4n) is 6.34. The normalized spacial score (nSPS) is 11.2. The van der Waals surface area contributed by atoms with Crippen molar-refractivity contribution in [3.63, 3.8) is 0 Å². The van der Waals surface area contributed by atoms with E-state index in [1.807, 2.05) is 36.4 Å². The van der Waals surface area contributed by atoms with E-state index in [0.29, 0.717) is 0 Å². The minimum Gasteiger partial charge on any atom is -0.507 e. The lowest BCUT2D eigenvalue weighted by molar-refractivity contribution is 0.478. The highest BCUT2D eigenvalue weighted by Gasteiger charge is 2.17. The summed E-state index contributed by atoms with van der Waals surface area (Å²) < 4.78 is 2.22. The number of para-hydroxylation sites is 3. The van der Waals surface area contributed by atoms with E-state index in [1.54, 1.807) is 0 Å². The molecule has 7 aromatic carbocycles. The van der Waals surface area contributed by atoms with Crippen LogP contribution >= 0.6 is 0 Å². The number of hydrogen-bond donors (Lipinski definition) is 1.